The van der Waals surface area contributed by atoms with Gasteiger partial charge in [0.2, 0.25) is 11.8 Å². The van der Waals surface area contributed by atoms with Crippen LogP contribution in [0.15, 0.2) is 12.1 Å². The Balaban J connectivity index is 2.19. The van der Waals surface area contributed by atoms with Gasteiger partial charge in [-0.25, -0.2) is 0 Å². The summed E-state index contributed by atoms with van der Waals surface area (Å²) < 4.78 is 10.6. The molecule has 1 unspecified atom stereocenters. The van der Waals surface area contributed by atoms with Crippen LogP contribution in [-0.2, 0) is 9.59 Å². The number of rotatable bonds is 7. The summed E-state index contributed by atoms with van der Waals surface area (Å²) in [5.41, 5.74) is 0.546. The van der Waals surface area contributed by atoms with Gasteiger partial charge in [-0.05, 0) is 25.7 Å². The van der Waals surface area contributed by atoms with E-state index in [1.165, 1.54) is 27.6 Å². The third kappa shape index (κ3) is 5.06. The Kier molecular flexibility index (Phi) is 7.78. The summed E-state index contributed by atoms with van der Waals surface area (Å²) >= 11 is 6.16. The lowest BCUT2D eigenvalue weighted by Gasteiger charge is -2.36. The number of hydrogen-bond acceptors (Lipinski definition) is 4. The van der Waals surface area contributed by atoms with E-state index in [4.69, 9.17) is 21.1 Å². The molecule has 2 rings (SSSR count). The molecule has 0 saturated carbocycles. The average Bonchev–Trinajstić information content (AvgIpc) is 2.68. The number of piperidine rings is 1. The smallest absolute Gasteiger partial charge is 0.224 e. The number of nitrogens with zero attached hydrogens (tertiary/aromatic N) is 2. The molecule has 0 N–H and O–H groups in total. The van der Waals surface area contributed by atoms with Crippen LogP contribution in [0.25, 0.3) is 0 Å². The van der Waals surface area contributed by atoms with Crippen molar-refractivity contribution in [1.82, 2.24) is 4.90 Å². The number of ether oxygens (including phenoxy) is 2. The second-order valence-electron chi connectivity index (χ2n) is 6.72. The van der Waals surface area contributed by atoms with E-state index in [-0.39, 0.29) is 24.8 Å². The highest BCUT2D eigenvalue weighted by Gasteiger charge is 2.26. The third-order valence-corrected chi connectivity index (χ3v) is 5.39. The number of anilines is 1. The Hall–Kier alpha value is -1.95. The first-order chi connectivity index (χ1) is 12.9. The van der Waals surface area contributed by atoms with E-state index in [2.05, 4.69) is 6.92 Å². The van der Waals surface area contributed by atoms with Crippen molar-refractivity contribution in [2.45, 2.75) is 52.0 Å². The molecule has 0 bridgehead atoms. The fourth-order valence-electron chi connectivity index (χ4n) is 3.61. The molecule has 1 fully saturated rings. The zero-order valence-electron chi connectivity index (χ0n) is 16.6. The van der Waals surface area contributed by atoms with Crippen molar-refractivity contribution in [3.63, 3.8) is 0 Å². The van der Waals surface area contributed by atoms with E-state index in [1.54, 1.807) is 17.0 Å². The standard InChI is InChI=1S/C20H29ClN2O4/c1-5-15-8-6-7-10-23(15)20(25)9-11-22(14(2)24)17-13-18(26-3)16(21)12-19(17)27-4/h12-13,15H,5-11H2,1-4H3. The van der Waals surface area contributed by atoms with Gasteiger partial charge in [-0.3, -0.25) is 9.59 Å². The van der Waals surface area contributed by atoms with E-state index >= 15 is 0 Å². The van der Waals surface area contributed by atoms with Gasteiger partial charge in [0.1, 0.15) is 11.5 Å². The number of halogens is 1. The maximum absolute atomic E-state index is 12.8. The van der Waals surface area contributed by atoms with Gasteiger partial charge >= 0.3 is 0 Å². The molecule has 6 nitrogen and oxygen atoms in total. The van der Waals surface area contributed by atoms with Crippen LogP contribution in [0.1, 0.15) is 46.0 Å². The maximum atomic E-state index is 12.8. The van der Waals surface area contributed by atoms with Gasteiger partial charge in [0, 0.05) is 44.6 Å². The van der Waals surface area contributed by atoms with Crippen molar-refractivity contribution in [3.8, 4) is 11.5 Å². The molecule has 1 atom stereocenters. The number of carbonyl (C=O) groups excluding carboxylic acids is 2. The lowest BCUT2D eigenvalue weighted by Crippen LogP contribution is -2.44. The van der Waals surface area contributed by atoms with Crippen LogP contribution in [0.5, 0.6) is 11.5 Å². The molecule has 0 aliphatic carbocycles. The molecule has 1 heterocycles. The highest BCUT2D eigenvalue weighted by Crippen LogP contribution is 2.38. The largest absolute Gasteiger partial charge is 0.495 e. The van der Waals surface area contributed by atoms with Crippen molar-refractivity contribution in [2.24, 2.45) is 0 Å². The molecule has 7 heteroatoms. The van der Waals surface area contributed by atoms with E-state index in [0.717, 1.165) is 25.8 Å². The van der Waals surface area contributed by atoms with Crippen LogP contribution in [-0.4, -0.2) is 50.1 Å². The molecule has 150 valence electrons. The molecule has 1 aliphatic rings. The third-order valence-electron chi connectivity index (χ3n) is 5.09. The lowest BCUT2D eigenvalue weighted by atomic mass is 9.99. The second-order valence-corrected chi connectivity index (χ2v) is 7.13. The van der Waals surface area contributed by atoms with E-state index in [1.807, 2.05) is 4.90 Å². The Morgan fingerprint density at radius 1 is 1.22 bits per heavy atom. The van der Waals surface area contributed by atoms with Crippen LogP contribution in [0.3, 0.4) is 0 Å². The van der Waals surface area contributed by atoms with Crippen LogP contribution in [0.2, 0.25) is 5.02 Å². The van der Waals surface area contributed by atoms with Gasteiger partial charge in [0.05, 0.1) is 24.9 Å². The SMILES string of the molecule is CCC1CCCCN1C(=O)CCN(C(C)=O)c1cc(OC)c(Cl)cc1OC. The Morgan fingerprint density at radius 3 is 2.52 bits per heavy atom. The highest BCUT2D eigenvalue weighted by atomic mass is 35.5. The Morgan fingerprint density at radius 2 is 1.93 bits per heavy atom. The van der Waals surface area contributed by atoms with Crippen LogP contribution in [0, 0.1) is 0 Å². The molecular formula is C20H29ClN2O4. The zero-order chi connectivity index (χ0) is 20.0. The molecule has 0 aromatic heterocycles. The minimum Gasteiger partial charge on any atom is -0.495 e. The molecule has 0 spiro atoms. The summed E-state index contributed by atoms with van der Waals surface area (Å²) in [6.45, 7) is 4.67. The molecule has 0 radical (unpaired) electrons. The number of amides is 2. The minimum atomic E-state index is -0.170. The molecule has 2 amide bonds. The predicted molar refractivity (Wildman–Crippen MR) is 107 cm³/mol. The molecule has 1 saturated heterocycles. The molecule has 1 aromatic carbocycles. The zero-order valence-corrected chi connectivity index (χ0v) is 17.3. The number of carbonyl (C=O) groups is 2. The van der Waals surface area contributed by atoms with E-state index in [0.29, 0.717) is 28.3 Å². The van der Waals surface area contributed by atoms with Crippen LogP contribution < -0.4 is 14.4 Å². The first kappa shape index (κ1) is 21.4. The molecule has 1 aliphatic heterocycles. The van der Waals surface area contributed by atoms with Gasteiger partial charge < -0.3 is 19.3 Å². The van der Waals surface area contributed by atoms with Gasteiger partial charge in [-0.1, -0.05) is 18.5 Å². The molecule has 27 heavy (non-hydrogen) atoms. The summed E-state index contributed by atoms with van der Waals surface area (Å²) in [4.78, 5) is 28.6. The number of methoxy groups -OCH3 is 2. The van der Waals surface area contributed by atoms with Gasteiger partial charge in [0.25, 0.3) is 0 Å². The second kappa shape index (κ2) is 9.83. The summed E-state index contributed by atoms with van der Waals surface area (Å²) in [6.07, 6.45) is 4.50. The lowest BCUT2D eigenvalue weighted by molar-refractivity contribution is -0.134. The minimum absolute atomic E-state index is 0.0905. The fraction of sp³-hybridized carbons (Fsp3) is 0.600. The van der Waals surface area contributed by atoms with Crippen LogP contribution >= 0.6 is 11.6 Å². The topological polar surface area (TPSA) is 59.1 Å². The fourth-order valence-corrected chi connectivity index (χ4v) is 3.84. The normalized spacial score (nSPS) is 16.8. The number of hydrogen-bond donors (Lipinski definition) is 0. The monoisotopic (exact) mass is 396 g/mol. The van der Waals surface area contributed by atoms with Crippen molar-refractivity contribution < 1.29 is 19.1 Å². The van der Waals surface area contributed by atoms with Crippen molar-refractivity contribution in [3.05, 3.63) is 17.2 Å². The van der Waals surface area contributed by atoms with Gasteiger partial charge in [-0.15, -0.1) is 0 Å². The summed E-state index contributed by atoms with van der Waals surface area (Å²) in [5, 5.41) is 0.400. The maximum Gasteiger partial charge on any atom is 0.224 e. The van der Waals surface area contributed by atoms with Gasteiger partial charge in [-0.2, -0.15) is 0 Å². The molecule has 1 aromatic rings. The van der Waals surface area contributed by atoms with Gasteiger partial charge in [0.15, 0.2) is 0 Å². The Labute approximate surface area is 166 Å². The number of likely N-dealkylation sites (tertiary alicyclic amines) is 1. The van der Waals surface area contributed by atoms with E-state index < -0.39 is 0 Å². The summed E-state index contributed by atoms with van der Waals surface area (Å²) in [6, 6.07) is 3.59. The summed E-state index contributed by atoms with van der Waals surface area (Å²) in [5.74, 6) is 0.837. The predicted octanol–water partition coefficient (Wildman–Crippen LogP) is 3.89. The quantitative estimate of drug-likeness (QED) is 0.701. The summed E-state index contributed by atoms with van der Waals surface area (Å²) in [7, 11) is 3.03. The highest BCUT2D eigenvalue weighted by molar-refractivity contribution is 6.32. The van der Waals surface area contributed by atoms with E-state index in [9.17, 15) is 9.59 Å². The van der Waals surface area contributed by atoms with Crippen molar-refractivity contribution in [2.75, 3.05) is 32.2 Å². The van der Waals surface area contributed by atoms with Crippen molar-refractivity contribution in [1.29, 1.82) is 0 Å². The first-order valence-corrected chi connectivity index (χ1v) is 9.79. The Bertz CT molecular complexity index is 680. The van der Waals surface area contributed by atoms with Crippen molar-refractivity contribution >= 4 is 29.1 Å². The first-order valence-electron chi connectivity index (χ1n) is 9.42. The molecular weight excluding hydrogens is 368 g/mol. The number of benzene rings is 1. The van der Waals surface area contributed by atoms with Crippen LogP contribution in [0.4, 0.5) is 5.69 Å². The average molecular weight is 397 g/mol.